The van der Waals surface area contributed by atoms with Crippen LogP contribution in [0.2, 0.25) is 0 Å². The van der Waals surface area contributed by atoms with Gasteiger partial charge in [-0.05, 0) is 30.0 Å². The molecule has 2 aromatic rings. The number of rotatable bonds is 4. The second-order valence-electron chi connectivity index (χ2n) is 6.49. The maximum Gasteiger partial charge on any atom is 0.252 e. The number of nitrogens with one attached hydrogen (secondary N) is 1. The van der Waals surface area contributed by atoms with Gasteiger partial charge in [-0.3, -0.25) is 9.78 Å². The molecule has 1 heterocycles. The van der Waals surface area contributed by atoms with Crippen molar-refractivity contribution in [3.05, 3.63) is 42.1 Å². The molecular weight excluding hydrogens is 264 g/mol. The van der Waals surface area contributed by atoms with Gasteiger partial charge in [-0.25, -0.2) is 0 Å². The number of aliphatic hydroxyl groups excluding tert-OH is 1. The molecule has 112 valence electrons. The van der Waals surface area contributed by atoms with E-state index in [1.165, 1.54) is 0 Å². The first-order valence-corrected chi connectivity index (χ1v) is 7.16. The third-order valence-electron chi connectivity index (χ3n) is 3.30. The van der Waals surface area contributed by atoms with Crippen LogP contribution in [0.25, 0.3) is 10.9 Å². The van der Waals surface area contributed by atoms with Gasteiger partial charge < -0.3 is 10.4 Å². The molecule has 0 spiro atoms. The van der Waals surface area contributed by atoms with Gasteiger partial charge in [0, 0.05) is 17.1 Å². The van der Waals surface area contributed by atoms with Crippen LogP contribution in [0.3, 0.4) is 0 Å². The van der Waals surface area contributed by atoms with Gasteiger partial charge in [0.2, 0.25) is 0 Å². The van der Waals surface area contributed by atoms with Gasteiger partial charge in [0.05, 0.1) is 18.2 Å². The van der Waals surface area contributed by atoms with Crippen molar-refractivity contribution < 1.29 is 9.90 Å². The Labute approximate surface area is 125 Å². The maximum atomic E-state index is 12.5. The van der Waals surface area contributed by atoms with Crippen molar-refractivity contribution in [3.8, 4) is 0 Å². The first kappa shape index (κ1) is 15.4. The van der Waals surface area contributed by atoms with E-state index in [0.717, 1.165) is 17.3 Å². The molecule has 0 saturated carbocycles. The zero-order valence-electron chi connectivity index (χ0n) is 12.8. The highest BCUT2D eigenvalue weighted by atomic mass is 16.3. The molecule has 21 heavy (non-hydrogen) atoms. The lowest BCUT2D eigenvalue weighted by Crippen LogP contribution is -2.40. The van der Waals surface area contributed by atoms with Gasteiger partial charge >= 0.3 is 0 Å². The molecule has 2 rings (SSSR count). The highest BCUT2D eigenvalue weighted by molar-refractivity contribution is 6.06. The van der Waals surface area contributed by atoms with Gasteiger partial charge in [-0.15, -0.1) is 0 Å². The minimum absolute atomic E-state index is 0.0426. The van der Waals surface area contributed by atoms with Crippen molar-refractivity contribution >= 4 is 16.8 Å². The number of carbonyl (C=O) groups excluding carboxylic acids is 1. The van der Waals surface area contributed by atoms with Crippen LogP contribution in [0.1, 0.15) is 37.6 Å². The third kappa shape index (κ3) is 4.02. The highest BCUT2D eigenvalue weighted by Crippen LogP contribution is 2.21. The van der Waals surface area contributed by atoms with E-state index in [2.05, 4.69) is 31.1 Å². The Hall–Kier alpha value is -1.94. The lowest BCUT2D eigenvalue weighted by Gasteiger charge is -2.25. The van der Waals surface area contributed by atoms with E-state index in [4.69, 9.17) is 0 Å². The molecule has 0 aliphatic heterocycles. The molecule has 0 bridgehead atoms. The van der Waals surface area contributed by atoms with Crippen molar-refractivity contribution in [1.29, 1.82) is 0 Å². The third-order valence-corrected chi connectivity index (χ3v) is 3.30. The number of aliphatic hydroxyl groups is 1. The monoisotopic (exact) mass is 286 g/mol. The number of nitrogens with zero attached hydrogens (tertiary/aromatic N) is 1. The maximum absolute atomic E-state index is 12.5. The van der Waals surface area contributed by atoms with Gasteiger partial charge in [0.25, 0.3) is 5.91 Å². The molecule has 0 saturated heterocycles. The SMILES string of the molecule is CC(C)(C)CC(CO)NC(=O)c1cccc2ncccc12. The van der Waals surface area contributed by atoms with E-state index in [9.17, 15) is 9.90 Å². The summed E-state index contributed by atoms with van der Waals surface area (Å²) in [4.78, 5) is 16.7. The first-order chi connectivity index (χ1) is 9.90. The normalized spacial score (nSPS) is 13.1. The van der Waals surface area contributed by atoms with E-state index >= 15 is 0 Å². The van der Waals surface area contributed by atoms with Crippen molar-refractivity contribution in [1.82, 2.24) is 10.3 Å². The molecular formula is C17H22N2O2. The van der Waals surface area contributed by atoms with Crippen LogP contribution in [-0.4, -0.2) is 28.6 Å². The summed E-state index contributed by atoms with van der Waals surface area (Å²) in [5.74, 6) is -0.170. The summed E-state index contributed by atoms with van der Waals surface area (Å²) in [6.07, 6.45) is 2.43. The smallest absolute Gasteiger partial charge is 0.252 e. The molecule has 1 unspecified atom stereocenters. The fraction of sp³-hybridized carbons (Fsp3) is 0.412. The van der Waals surface area contributed by atoms with Crippen LogP contribution in [0.4, 0.5) is 0 Å². The number of carbonyl (C=O) groups is 1. The van der Waals surface area contributed by atoms with E-state index in [0.29, 0.717) is 5.56 Å². The number of hydrogen-bond acceptors (Lipinski definition) is 3. The number of benzene rings is 1. The molecule has 1 atom stereocenters. The van der Waals surface area contributed by atoms with Gasteiger partial charge in [-0.2, -0.15) is 0 Å². The Kier molecular flexibility index (Phi) is 4.58. The van der Waals surface area contributed by atoms with Gasteiger partial charge in [-0.1, -0.05) is 32.9 Å². The number of amides is 1. The Morgan fingerprint density at radius 3 is 2.71 bits per heavy atom. The molecule has 4 heteroatoms. The quantitative estimate of drug-likeness (QED) is 0.908. The van der Waals surface area contributed by atoms with Crippen LogP contribution < -0.4 is 5.32 Å². The molecule has 1 aromatic carbocycles. The van der Waals surface area contributed by atoms with E-state index in [1.807, 2.05) is 24.3 Å². The van der Waals surface area contributed by atoms with Crippen LogP contribution in [0, 0.1) is 5.41 Å². The van der Waals surface area contributed by atoms with Crippen LogP contribution >= 0.6 is 0 Å². The molecule has 0 fully saturated rings. The summed E-state index contributed by atoms with van der Waals surface area (Å²) in [6, 6.07) is 8.94. The average molecular weight is 286 g/mol. The van der Waals surface area contributed by atoms with E-state index in [-0.39, 0.29) is 24.0 Å². The Balaban J connectivity index is 2.22. The summed E-state index contributed by atoms with van der Waals surface area (Å²) in [6.45, 7) is 6.20. The fourth-order valence-electron chi connectivity index (χ4n) is 2.46. The topological polar surface area (TPSA) is 62.2 Å². The number of fused-ring (bicyclic) bond motifs is 1. The predicted octanol–water partition coefficient (Wildman–Crippen LogP) is 2.76. The summed E-state index contributed by atoms with van der Waals surface area (Å²) < 4.78 is 0. The highest BCUT2D eigenvalue weighted by Gasteiger charge is 2.21. The Morgan fingerprint density at radius 2 is 2.05 bits per heavy atom. The minimum Gasteiger partial charge on any atom is -0.394 e. The second kappa shape index (κ2) is 6.22. The Morgan fingerprint density at radius 1 is 1.29 bits per heavy atom. The average Bonchev–Trinajstić information content (AvgIpc) is 2.44. The van der Waals surface area contributed by atoms with E-state index in [1.54, 1.807) is 12.3 Å². The van der Waals surface area contributed by atoms with Gasteiger partial charge in [0.1, 0.15) is 0 Å². The van der Waals surface area contributed by atoms with Crippen LogP contribution in [0.15, 0.2) is 36.5 Å². The van der Waals surface area contributed by atoms with Crippen molar-refractivity contribution in [2.75, 3.05) is 6.61 Å². The van der Waals surface area contributed by atoms with Gasteiger partial charge in [0.15, 0.2) is 0 Å². The van der Waals surface area contributed by atoms with E-state index < -0.39 is 0 Å². The molecule has 2 N–H and O–H groups in total. The summed E-state index contributed by atoms with van der Waals surface area (Å²) in [5.41, 5.74) is 1.43. The molecule has 1 amide bonds. The largest absolute Gasteiger partial charge is 0.394 e. The van der Waals surface area contributed by atoms with Crippen LogP contribution in [-0.2, 0) is 0 Å². The second-order valence-corrected chi connectivity index (χ2v) is 6.49. The molecule has 0 aliphatic rings. The Bertz CT molecular complexity index is 627. The zero-order valence-corrected chi connectivity index (χ0v) is 12.8. The molecule has 1 aromatic heterocycles. The van der Waals surface area contributed by atoms with Crippen molar-refractivity contribution in [2.24, 2.45) is 5.41 Å². The summed E-state index contributed by atoms with van der Waals surface area (Å²) >= 11 is 0. The molecule has 4 nitrogen and oxygen atoms in total. The summed E-state index contributed by atoms with van der Waals surface area (Å²) in [5, 5.41) is 13.2. The number of hydrogen-bond donors (Lipinski definition) is 2. The molecule has 0 radical (unpaired) electrons. The van der Waals surface area contributed by atoms with Crippen LogP contribution in [0.5, 0.6) is 0 Å². The minimum atomic E-state index is -0.246. The zero-order chi connectivity index (χ0) is 15.5. The van der Waals surface area contributed by atoms with Crippen molar-refractivity contribution in [2.45, 2.75) is 33.2 Å². The number of pyridine rings is 1. The molecule has 0 aliphatic carbocycles. The predicted molar refractivity (Wildman–Crippen MR) is 84.2 cm³/mol. The fourth-order valence-corrected chi connectivity index (χ4v) is 2.46. The standard InChI is InChI=1S/C17H22N2O2/c1-17(2,3)10-12(11-20)19-16(21)14-6-4-8-15-13(14)7-5-9-18-15/h4-9,12,20H,10-11H2,1-3H3,(H,19,21). The lowest BCUT2D eigenvalue weighted by molar-refractivity contribution is 0.0899. The number of aromatic nitrogens is 1. The first-order valence-electron chi connectivity index (χ1n) is 7.16. The summed E-state index contributed by atoms with van der Waals surface area (Å²) in [7, 11) is 0. The van der Waals surface area contributed by atoms with Crippen molar-refractivity contribution in [3.63, 3.8) is 0 Å². The lowest BCUT2D eigenvalue weighted by atomic mass is 9.88.